The molecule has 0 aromatic heterocycles. The van der Waals surface area contributed by atoms with Crippen LogP contribution in [-0.2, 0) is 9.59 Å². The third-order valence-electron chi connectivity index (χ3n) is 4.50. The highest BCUT2D eigenvalue weighted by Gasteiger charge is 2.46. The first-order chi connectivity index (χ1) is 9.81. The second-order valence-electron chi connectivity index (χ2n) is 7.37. The van der Waals surface area contributed by atoms with Crippen LogP contribution in [0.1, 0.15) is 40.5 Å². The molecular weight excluding hydrogens is 266 g/mol. The summed E-state index contributed by atoms with van der Waals surface area (Å²) < 4.78 is 0. The van der Waals surface area contributed by atoms with E-state index < -0.39 is 0 Å². The summed E-state index contributed by atoms with van der Waals surface area (Å²) in [7, 11) is 2.02. The molecule has 0 unspecified atom stereocenters. The maximum absolute atomic E-state index is 12.9. The Bertz CT molecular complexity index is 408. The molecular formula is C16H29N3O2. The topological polar surface area (TPSA) is 52.7 Å². The second kappa shape index (κ2) is 6.34. The van der Waals surface area contributed by atoms with Crippen LogP contribution in [0.5, 0.6) is 0 Å². The molecule has 2 saturated heterocycles. The fraction of sp³-hybridized carbons (Fsp3) is 0.875. The largest absolute Gasteiger partial charge is 0.352 e. The molecule has 2 rings (SSSR count). The lowest BCUT2D eigenvalue weighted by Crippen LogP contribution is -2.71. The SMILES string of the molecule is CC(C)C[C@H]1C(=O)N2[C@H](CNC(=O)[C@@H]2CC(C)C)CN1C. The molecule has 0 bridgehead atoms. The quantitative estimate of drug-likeness (QED) is 0.844. The van der Waals surface area contributed by atoms with Crippen LogP contribution in [0.15, 0.2) is 0 Å². The summed E-state index contributed by atoms with van der Waals surface area (Å²) in [6.45, 7) is 9.91. The number of rotatable bonds is 4. The third-order valence-corrected chi connectivity index (χ3v) is 4.50. The van der Waals surface area contributed by atoms with Crippen LogP contribution in [0.3, 0.4) is 0 Å². The molecule has 0 spiro atoms. The Labute approximate surface area is 128 Å². The van der Waals surface area contributed by atoms with E-state index in [1.807, 2.05) is 11.9 Å². The van der Waals surface area contributed by atoms with Crippen LogP contribution in [0.2, 0.25) is 0 Å². The monoisotopic (exact) mass is 295 g/mol. The van der Waals surface area contributed by atoms with Crippen LogP contribution in [-0.4, -0.2) is 59.9 Å². The van der Waals surface area contributed by atoms with Gasteiger partial charge in [0.1, 0.15) is 6.04 Å². The lowest BCUT2D eigenvalue weighted by atomic mass is 9.91. The number of amides is 2. The van der Waals surface area contributed by atoms with Crippen LogP contribution in [0.25, 0.3) is 0 Å². The van der Waals surface area contributed by atoms with Crippen molar-refractivity contribution in [2.24, 2.45) is 11.8 Å². The number of hydrogen-bond donors (Lipinski definition) is 1. The zero-order valence-corrected chi connectivity index (χ0v) is 13.9. The molecule has 21 heavy (non-hydrogen) atoms. The Morgan fingerprint density at radius 2 is 1.67 bits per heavy atom. The standard InChI is InChI=1S/C16H29N3O2/c1-10(2)6-13-15(20)17-8-12-9-18(5)14(7-11(3)4)16(21)19(12)13/h10-14H,6-9H2,1-5H3,(H,17,20)/t12-,13+,14+/m1/s1. The average Bonchev–Trinajstić information content (AvgIpc) is 2.37. The number of nitrogens with one attached hydrogen (secondary N) is 1. The minimum atomic E-state index is -0.292. The van der Waals surface area contributed by atoms with Gasteiger partial charge in [-0.3, -0.25) is 14.5 Å². The van der Waals surface area contributed by atoms with Crippen LogP contribution < -0.4 is 5.32 Å². The fourth-order valence-electron chi connectivity index (χ4n) is 3.52. The van der Waals surface area contributed by atoms with Gasteiger partial charge in [-0.1, -0.05) is 27.7 Å². The zero-order valence-electron chi connectivity index (χ0n) is 13.9. The minimum Gasteiger partial charge on any atom is -0.352 e. The molecule has 0 aromatic carbocycles. The van der Waals surface area contributed by atoms with Crippen molar-refractivity contribution in [2.75, 3.05) is 20.1 Å². The summed E-state index contributed by atoms with van der Waals surface area (Å²) in [6.07, 6.45) is 1.60. The molecule has 120 valence electrons. The van der Waals surface area contributed by atoms with E-state index in [9.17, 15) is 9.59 Å². The normalized spacial score (nSPS) is 30.8. The minimum absolute atomic E-state index is 0.0150. The van der Waals surface area contributed by atoms with Crippen molar-refractivity contribution in [3.63, 3.8) is 0 Å². The highest BCUT2D eigenvalue weighted by Crippen LogP contribution is 2.27. The van der Waals surface area contributed by atoms with Gasteiger partial charge in [0.05, 0.1) is 12.1 Å². The number of hydrogen-bond acceptors (Lipinski definition) is 3. The van der Waals surface area contributed by atoms with E-state index in [2.05, 4.69) is 37.9 Å². The van der Waals surface area contributed by atoms with E-state index in [-0.39, 0.29) is 29.9 Å². The number of fused-ring (bicyclic) bond motifs is 1. The summed E-state index contributed by atoms with van der Waals surface area (Å²) in [4.78, 5) is 29.2. The van der Waals surface area contributed by atoms with Gasteiger partial charge in [-0.25, -0.2) is 0 Å². The molecule has 2 fully saturated rings. The Balaban J connectivity index is 2.22. The van der Waals surface area contributed by atoms with Gasteiger partial charge in [-0.05, 0) is 31.7 Å². The van der Waals surface area contributed by atoms with Gasteiger partial charge in [0.2, 0.25) is 11.8 Å². The molecule has 3 atom stereocenters. The second-order valence-corrected chi connectivity index (χ2v) is 7.37. The molecule has 2 heterocycles. The van der Waals surface area contributed by atoms with E-state index in [1.54, 1.807) is 0 Å². The molecule has 2 aliphatic rings. The van der Waals surface area contributed by atoms with Gasteiger partial charge in [0.15, 0.2) is 0 Å². The molecule has 0 radical (unpaired) electrons. The number of likely N-dealkylation sites (N-methyl/N-ethyl adjacent to an activating group) is 1. The number of nitrogens with zero attached hydrogens (tertiary/aromatic N) is 2. The van der Waals surface area contributed by atoms with E-state index >= 15 is 0 Å². The van der Waals surface area contributed by atoms with Crippen molar-refractivity contribution in [1.82, 2.24) is 15.1 Å². The summed E-state index contributed by atoms with van der Waals surface area (Å²) >= 11 is 0. The first kappa shape index (κ1) is 16.3. The molecule has 0 aromatic rings. The highest BCUT2D eigenvalue weighted by atomic mass is 16.2. The van der Waals surface area contributed by atoms with Crippen molar-refractivity contribution in [3.05, 3.63) is 0 Å². The molecule has 1 N–H and O–H groups in total. The summed E-state index contributed by atoms with van der Waals surface area (Å²) in [6, 6.07) is -0.256. The first-order valence-corrected chi connectivity index (χ1v) is 8.11. The van der Waals surface area contributed by atoms with Gasteiger partial charge >= 0.3 is 0 Å². The van der Waals surface area contributed by atoms with Crippen molar-refractivity contribution < 1.29 is 9.59 Å². The maximum atomic E-state index is 12.9. The Hall–Kier alpha value is -1.10. The van der Waals surface area contributed by atoms with E-state index in [0.29, 0.717) is 18.4 Å². The molecule has 0 saturated carbocycles. The first-order valence-electron chi connectivity index (χ1n) is 8.11. The van der Waals surface area contributed by atoms with Crippen LogP contribution >= 0.6 is 0 Å². The zero-order chi connectivity index (χ0) is 15.7. The lowest BCUT2D eigenvalue weighted by molar-refractivity contribution is -0.158. The Morgan fingerprint density at radius 3 is 2.24 bits per heavy atom. The average molecular weight is 295 g/mol. The van der Waals surface area contributed by atoms with Crippen LogP contribution in [0, 0.1) is 11.8 Å². The van der Waals surface area contributed by atoms with Crippen molar-refractivity contribution >= 4 is 11.8 Å². The summed E-state index contributed by atoms with van der Waals surface area (Å²) in [5, 5.41) is 2.97. The van der Waals surface area contributed by atoms with E-state index in [0.717, 1.165) is 19.4 Å². The van der Waals surface area contributed by atoms with E-state index in [4.69, 9.17) is 0 Å². The summed E-state index contributed by atoms with van der Waals surface area (Å²) in [5.74, 6) is 1.03. The van der Waals surface area contributed by atoms with Crippen LogP contribution in [0.4, 0.5) is 0 Å². The number of piperazine rings is 2. The van der Waals surface area contributed by atoms with Gasteiger partial charge in [-0.15, -0.1) is 0 Å². The smallest absolute Gasteiger partial charge is 0.242 e. The van der Waals surface area contributed by atoms with E-state index in [1.165, 1.54) is 0 Å². The number of carbonyl (C=O) groups is 2. The predicted octanol–water partition coefficient (Wildman–Crippen LogP) is 1.09. The van der Waals surface area contributed by atoms with Gasteiger partial charge in [-0.2, -0.15) is 0 Å². The maximum Gasteiger partial charge on any atom is 0.242 e. The lowest BCUT2D eigenvalue weighted by Gasteiger charge is -2.50. The molecule has 2 aliphatic heterocycles. The number of carbonyl (C=O) groups excluding carboxylic acids is 2. The molecule has 0 aliphatic carbocycles. The van der Waals surface area contributed by atoms with Gasteiger partial charge in [0, 0.05) is 13.1 Å². The fourth-order valence-corrected chi connectivity index (χ4v) is 3.52. The Morgan fingerprint density at radius 1 is 1.10 bits per heavy atom. The van der Waals surface area contributed by atoms with Crippen molar-refractivity contribution in [1.29, 1.82) is 0 Å². The predicted molar refractivity (Wildman–Crippen MR) is 82.8 cm³/mol. The van der Waals surface area contributed by atoms with Gasteiger partial charge < -0.3 is 10.2 Å². The Kier molecular flexibility index (Phi) is 4.91. The van der Waals surface area contributed by atoms with Crippen molar-refractivity contribution in [3.8, 4) is 0 Å². The highest BCUT2D eigenvalue weighted by molar-refractivity contribution is 5.91. The molecule has 2 amide bonds. The van der Waals surface area contributed by atoms with Gasteiger partial charge in [0.25, 0.3) is 0 Å². The summed E-state index contributed by atoms with van der Waals surface area (Å²) in [5.41, 5.74) is 0. The third kappa shape index (κ3) is 3.39. The molecule has 5 nitrogen and oxygen atoms in total. The van der Waals surface area contributed by atoms with Crippen molar-refractivity contribution in [2.45, 2.75) is 58.7 Å². The molecule has 5 heteroatoms.